The SMILES string of the molecule is CC(C)(C)C(CS)Cn1cnc2sccc2c1=O. The third-order valence-corrected chi connectivity index (χ3v) is 4.57. The molecule has 0 aromatic carbocycles. The highest BCUT2D eigenvalue weighted by Gasteiger charge is 2.24. The first-order valence-corrected chi connectivity index (χ1v) is 7.48. The summed E-state index contributed by atoms with van der Waals surface area (Å²) in [6, 6.07) is 1.85. The highest BCUT2D eigenvalue weighted by atomic mass is 32.1. The van der Waals surface area contributed by atoms with Gasteiger partial charge in [0, 0.05) is 6.54 Å². The number of thiophene rings is 1. The predicted molar refractivity (Wildman–Crippen MR) is 80.7 cm³/mol. The number of fused-ring (bicyclic) bond motifs is 1. The van der Waals surface area contributed by atoms with Crippen LogP contribution in [0.5, 0.6) is 0 Å². The van der Waals surface area contributed by atoms with E-state index in [1.807, 2.05) is 11.4 Å². The first kappa shape index (κ1) is 13.6. The molecule has 0 aliphatic rings. The lowest BCUT2D eigenvalue weighted by Gasteiger charge is -2.29. The van der Waals surface area contributed by atoms with E-state index in [1.165, 1.54) is 11.3 Å². The zero-order chi connectivity index (χ0) is 13.3. The minimum absolute atomic E-state index is 0.0530. The monoisotopic (exact) mass is 282 g/mol. The maximum absolute atomic E-state index is 12.3. The van der Waals surface area contributed by atoms with Crippen molar-refractivity contribution in [3.63, 3.8) is 0 Å². The Hall–Kier alpha value is -0.810. The molecule has 98 valence electrons. The summed E-state index contributed by atoms with van der Waals surface area (Å²) in [4.78, 5) is 17.4. The van der Waals surface area contributed by atoms with Crippen LogP contribution >= 0.6 is 24.0 Å². The molecule has 2 aromatic rings. The van der Waals surface area contributed by atoms with E-state index in [0.29, 0.717) is 17.8 Å². The van der Waals surface area contributed by atoms with Gasteiger partial charge in [-0.3, -0.25) is 9.36 Å². The first-order chi connectivity index (χ1) is 8.43. The van der Waals surface area contributed by atoms with Gasteiger partial charge in [-0.15, -0.1) is 11.3 Å². The van der Waals surface area contributed by atoms with Crippen LogP contribution in [0.2, 0.25) is 0 Å². The summed E-state index contributed by atoms with van der Waals surface area (Å²) in [5, 5.41) is 2.62. The average Bonchev–Trinajstić information content (AvgIpc) is 2.75. The fraction of sp³-hybridized carbons (Fsp3) is 0.538. The number of nitrogens with zero attached hydrogens (tertiary/aromatic N) is 2. The summed E-state index contributed by atoms with van der Waals surface area (Å²) in [7, 11) is 0. The third-order valence-electron chi connectivity index (χ3n) is 3.31. The molecule has 0 amide bonds. The van der Waals surface area contributed by atoms with Crippen molar-refractivity contribution in [3.05, 3.63) is 28.1 Å². The van der Waals surface area contributed by atoms with Crippen LogP contribution in [0, 0.1) is 11.3 Å². The lowest BCUT2D eigenvalue weighted by Crippen LogP contribution is -2.31. The van der Waals surface area contributed by atoms with Crippen molar-refractivity contribution in [1.82, 2.24) is 9.55 Å². The van der Waals surface area contributed by atoms with Crippen LogP contribution in [0.15, 0.2) is 22.6 Å². The Morgan fingerprint density at radius 1 is 1.50 bits per heavy atom. The second kappa shape index (κ2) is 5.05. The summed E-state index contributed by atoms with van der Waals surface area (Å²) < 4.78 is 1.71. The van der Waals surface area contributed by atoms with Crippen molar-refractivity contribution in [2.75, 3.05) is 5.75 Å². The molecule has 2 heterocycles. The van der Waals surface area contributed by atoms with Gasteiger partial charge in [0.25, 0.3) is 5.56 Å². The molecular formula is C13H18N2OS2. The maximum atomic E-state index is 12.3. The van der Waals surface area contributed by atoms with Crippen molar-refractivity contribution < 1.29 is 0 Å². The number of rotatable bonds is 3. The molecule has 0 aliphatic carbocycles. The summed E-state index contributed by atoms with van der Waals surface area (Å²) in [6.45, 7) is 7.20. The number of thiol groups is 1. The van der Waals surface area contributed by atoms with Crippen LogP contribution in [0.1, 0.15) is 20.8 Å². The van der Waals surface area contributed by atoms with Crippen molar-refractivity contribution in [1.29, 1.82) is 0 Å². The Bertz CT molecular complexity index is 595. The van der Waals surface area contributed by atoms with Crippen molar-refractivity contribution in [2.45, 2.75) is 27.3 Å². The topological polar surface area (TPSA) is 34.9 Å². The predicted octanol–water partition coefficient (Wildman–Crippen LogP) is 3.05. The highest BCUT2D eigenvalue weighted by molar-refractivity contribution is 7.80. The van der Waals surface area contributed by atoms with Crippen molar-refractivity contribution in [2.24, 2.45) is 11.3 Å². The molecule has 0 saturated heterocycles. The van der Waals surface area contributed by atoms with Gasteiger partial charge in [-0.1, -0.05) is 20.8 Å². The lowest BCUT2D eigenvalue weighted by molar-refractivity contribution is 0.236. The molecular weight excluding hydrogens is 264 g/mol. The Kier molecular flexibility index (Phi) is 3.82. The molecule has 0 saturated carbocycles. The van der Waals surface area contributed by atoms with Gasteiger partial charge < -0.3 is 0 Å². The van der Waals surface area contributed by atoms with E-state index in [0.717, 1.165) is 10.6 Å². The molecule has 1 unspecified atom stereocenters. The van der Waals surface area contributed by atoms with Crippen LogP contribution in [0.3, 0.4) is 0 Å². The van der Waals surface area contributed by atoms with Gasteiger partial charge in [0.05, 0.1) is 11.7 Å². The van der Waals surface area contributed by atoms with E-state index in [9.17, 15) is 4.79 Å². The zero-order valence-corrected chi connectivity index (χ0v) is 12.6. The molecule has 1 atom stereocenters. The van der Waals surface area contributed by atoms with Gasteiger partial charge in [0.15, 0.2) is 0 Å². The Morgan fingerprint density at radius 2 is 2.22 bits per heavy atom. The molecule has 2 rings (SSSR count). The minimum atomic E-state index is 0.0530. The molecule has 0 fully saturated rings. The standard InChI is InChI=1S/C13H18N2OS2/c1-13(2,3)9(7-17)6-15-8-14-11-10(12(15)16)4-5-18-11/h4-5,8-9,17H,6-7H2,1-3H3. The molecule has 3 nitrogen and oxygen atoms in total. The van der Waals surface area contributed by atoms with Gasteiger partial charge in [-0.05, 0) is 28.5 Å². The smallest absolute Gasteiger partial charge is 0.262 e. The summed E-state index contributed by atoms with van der Waals surface area (Å²) in [5.41, 5.74) is 0.183. The first-order valence-electron chi connectivity index (χ1n) is 5.97. The molecule has 0 N–H and O–H groups in total. The van der Waals surface area contributed by atoms with Crippen LogP contribution in [-0.4, -0.2) is 15.3 Å². The average molecular weight is 282 g/mol. The summed E-state index contributed by atoms with van der Waals surface area (Å²) >= 11 is 5.90. The van der Waals surface area contributed by atoms with Gasteiger partial charge >= 0.3 is 0 Å². The maximum Gasteiger partial charge on any atom is 0.262 e. The van der Waals surface area contributed by atoms with E-state index >= 15 is 0 Å². The third kappa shape index (κ3) is 2.62. The summed E-state index contributed by atoms with van der Waals surface area (Å²) in [6.07, 6.45) is 1.66. The Labute approximate surface area is 116 Å². The van der Waals surface area contributed by atoms with Crippen LogP contribution in [0.4, 0.5) is 0 Å². The van der Waals surface area contributed by atoms with Gasteiger partial charge in [0.1, 0.15) is 4.83 Å². The van der Waals surface area contributed by atoms with Crippen molar-refractivity contribution >= 4 is 34.2 Å². The second-order valence-electron chi connectivity index (χ2n) is 5.59. The molecule has 18 heavy (non-hydrogen) atoms. The molecule has 0 spiro atoms. The number of hydrogen-bond acceptors (Lipinski definition) is 4. The highest BCUT2D eigenvalue weighted by Crippen LogP contribution is 2.28. The zero-order valence-electron chi connectivity index (χ0n) is 10.9. The normalized spacial score (nSPS) is 14.0. The molecule has 0 radical (unpaired) electrons. The largest absolute Gasteiger partial charge is 0.298 e. The van der Waals surface area contributed by atoms with Gasteiger partial charge in [0.2, 0.25) is 0 Å². The van der Waals surface area contributed by atoms with Crippen molar-refractivity contribution in [3.8, 4) is 0 Å². The van der Waals surface area contributed by atoms with Crippen LogP contribution < -0.4 is 5.56 Å². The molecule has 0 aliphatic heterocycles. The van der Waals surface area contributed by atoms with Gasteiger partial charge in [-0.2, -0.15) is 12.6 Å². The van der Waals surface area contributed by atoms with E-state index in [-0.39, 0.29) is 11.0 Å². The quantitative estimate of drug-likeness (QED) is 0.878. The minimum Gasteiger partial charge on any atom is -0.298 e. The molecule has 5 heteroatoms. The molecule has 0 bridgehead atoms. The second-order valence-corrected chi connectivity index (χ2v) is 6.85. The van der Waals surface area contributed by atoms with E-state index in [2.05, 4.69) is 38.4 Å². The number of aromatic nitrogens is 2. The Balaban J connectivity index is 2.37. The lowest BCUT2D eigenvalue weighted by atomic mass is 9.82. The van der Waals surface area contributed by atoms with Crippen LogP contribution in [-0.2, 0) is 6.54 Å². The fourth-order valence-corrected chi connectivity index (χ4v) is 3.25. The van der Waals surface area contributed by atoms with Gasteiger partial charge in [-0.25, -0.2) is 4.98 Å². The molecule has 2 aromatic heterocycles. The van der Waals surface area contributed by atoms with E-state index in [1.54, 1.807) is 10.9 Å². The summed E-state index contributed by atoms with van der Waals surface area (Å²) in [5.74, 6) is 1.11. The fourth-order valence-electron chi connectivity index (χ4n) is 1.87. The van der Waals surface area contributed by atoms with E-state index < -0.39 is 0 Å². The van der Waals surface area contributed by atoms with Crippen LogP contribution in [0.25, 0.3) is 10.2 Å². The number of hydrogen-bond donors (Lipinski definition) is 1. The van der Waals surface area contributed by atoms with E-state index in [4.69, 9.17) is 0 Å². The Morgan fingerprint density at radius 3 is 2.83 bits per heavy atom.